The average Bonchev–Trinajstić information content (AvgIpc) is 2.75. The van der Waals surface area contributed by atoms with Gasteiger partial charge in [0.25, 0.3) is 0 Å². The van der Waals surface area contributed by atoms with Gasteiger partial charge in [-0.15, -0.1) is 0 Å². The molecule has 158 valence electrons. The van der Waals surface area contributed by atoms with Crippen molar-refractivity contribution < 1.29 is 33.9 Å². The summed E-state index contributed by atoms with van der Waals surface area (Å²) in [7, 11) is 0. The number of aliphatic hydroxyl groups excluding tert-OH is 3. The Kier molecular flexibility index (Phi) is 6.01. The molecule has 0 spiro atoms. The first kappa shape index (κ1) is 20.4. The van der Waals surface area contributed by atoms with Gasteiger partial charge in [0.2, 0.25) is 6.29 Å². The van der Waals surface area contributed by atoms with E-state index in [4.69, 9.17) is 18.6 Å². The zero-order valence-corrected chi connectivity index (χ0v) is 16.0. The second kappa shape index (κ2) is 8.85. The molecule has 2 heterocycles. The van der Waals surface area contributed by atoms with Crippen molar-refractivity contribution in [2.75, 3.05) is 6.61 Å². The summed E-state index contributed by atoms with van der Waals surface area (Å²) in [5.41, 5.74) is 0.792. The van der Waals surface area contributed by atoms with E-state index in [0.29, 0.717) is 22.5 Å². The van der Waals surface area contributed by atoms with E-state index >= 15 is 0 Å². The van der Waals surface area contributed by atoms with Crippen LogP contribution < -0.4 is 15.1 Å². The van der Waals surface area contributed by atoms with Crippen LogP contribution in [0, 0.1) is 0 Å². The fourth-order valence-electron chi connectivity index (χ4n) is 3.30. The molecule has 1 aliphatic rings. The van der Waals surface area contributed by atoms with E-state index < -0.39 is 36.8 Å². The van der Waals surface area contributed by atoms with Crippen LogP contribution in [0.1, 0.15) is 12.0 Å². The smallest absolute Gasteiger partial charge is 0.336 e. The maximum absolute atomic E-state index is 11.6. The zero-order valence-electron chi connectivity index (χ0n) is 16.0. The van der Waals surface area contributed by atoms with Gasteiger partial charge in [0.1, 0.15) is 24.4 Å². The highest BCUT2D eigenvalue weighted by molar-refractivity contribution is 5.80. The Labute approximate surface area is 171 Å². The largest absolute Gasteiger partial charge is 0.485 e. The summed E-state index contributed by atoms with van der Waals surface area (Å²) in [4.78, 5) is 11.6. The van der Waals surface area contributed by atoms with Crippen LogP contribution >= 0.6 is 0 Å². The number of ether oxygens (including phenoxy) is 3. The highest BCUT2D eigenvalue weighted by Crippen LogP contribution is 2.35. The first-order valence-corrected chi connectivity index (χ1v) is 9.57. The van der Waals surface area contributed by atoms with E-state index in [-0.39, 0.29) is 13.0 Å². The molecule has 4 atom stereocenters. The summed E-state index contributed by atoms with van der Waals surface area (Å²) in [6.07, 6.45) is -4.17. The molecule has 2 aromatic carbocycles. The number of aliphatic hydroxyl groups is 3. The SMILES string of the molecule is O=c1ccc2cc(O[C@H]3C[C@@H](O)[C@H](O)[C@@H](CO)O3)c(OCc3ccccc3)cc2o1. The van der Waals surface area contributed by atoms with Crippen molar-refractivity contribution in [2.24, 2.45) is 0 Å². The molecular formula is C22H22O8. The highest BCUT2D eigenvalue weighted by Gasteiger charge is 2.37. The van der Waals surface area contributed by atoms with Gasteiger partial charge in [0.05, 0.1) is 12.7 Å². The van der Waals surface area contributed by atoms with Crippen LogP contribution in [0.3, 0.4) is 0 Å². The summed E-state index contributed by atoms with van der Waals surface area (Å²) < 4.78 is 22.6. The molecule has 0 bridgehead atoms. The normalized spacial score (nSPS) is 24.0. The zero-order chi connectivity index (χ0) is 21.1. The third kappa shape index (κ3) is 4.47. The van der Waals surface area contributed by atoms with Crippen molar-refractivity contribution >= 4 is 11.0 Å². The monoisotopic (exact) mass is 414 g/mol. The summed E-state index contributed by atoms with van der Waals surface area (Å²) >= 11 is 0. The fourth-order valence-corrected chi connectivity index (χ4v) is 3.30. The van der Waals surface area contributed by atoms with E-state index in [0.717, 1.165) is 5.56 Å². The highest BCUT2D eigenvalue weighted by atomic mass is 16.7. The molecule has 0 amide bonds. The molecule has 8 nitrogen and oxygen atoms in total. The van der Waals surface area contributed by atoms with Crippen molar-refractivity contribution in [3.8, 4) is 11.5 Å². The van der Waals surface area contributed by atoms with Gasteiger partial charge in [-0.1, -0.05) is 30.3 Å². The molecule has 0 radical (unpaired) electrons. The molecule has 1 aliphatic heterocycles. The second-order valence-electron chi connectivity index (χ2n) is 7.06. The molecule has 0 unspecified atom stereocenters. The van der Waals surface area contributed by atoms with Crippen LogP contribution in [0.25, 0.3) is 11.0 Å². The molecule has 3 N–H and O–H groups in total. The number of benzene rings is 2. The van der Waals surface area contributed by atoms with Gasteiger partial charge in [-0.3, -0.25) is 0 Å². The number of rotatable bonds is 6. The first-order valence-electron chi connectivity index (χ1n) is 9.57. The van der Waals surface area contributed by atoms with Crippen molar-refractivity contribution in [1.29, 1.82) is 0 Å². The Morgan fingerprint density at radius 3 is 2.60 bits per heavy atom. The summed E-state index contributed by atoms with van der Waals surface area (Å²) in [6.45, 7) is -0.204. The number of hydrogen-bond donors (Lipinski definition) is 3. The molecule has 0 aliphatic carbocycles. The number of hydrogen-bond acceptors (Lipinski definition) is 8. The molecule has 1 fully saturated rings. The number of fused-ring (bicyclic) bond motifs is 1. The second-order valence-corrected chi connectivity index (χ2v) is 7.06. The molecule has 1 saturated heterocycles. The predicted molar refractivity (Wildman–Crippen MR) is 106 cm³/mol. The van der Waals surface area contributed by atoms with Crippen molar-refractivity contribution in [3.63, 3.8) is 0 Å². The minimum absolute atomic E-state index is 0.0116. The molecule has 0 saturated carbocycles. The van der Waals surface area contributed by atoms with Gasteiger partial charge in [-0.05, 0) is 17.7 Å². The van der Waals surface area contributed by atoms with E-state index in [1.165, 1.54) is 6.07 Å². The van der Waals surface area contributed by atoms with Gasteiger partial charge in [-0.25, -0.2) is 4.79 Å². The quantitative estimate of drug-likeness (QED) is 0.521. The first-order chi connectivity index (χ1) is 14.5. The van der Waals surface area contributed by atoms with Gasteiger partial charge in [0.15, 0.2) is 11.5 Å². The maximum atomic E-state index is 11.6. The lowest BCUT2D eigenvalue weighted by Crippen LogP contribution is -2.51. The van der Waals surface area contributed by atoms with Crippen LogP contribution in [0.5, 0.6) is 11.5 Å². The molecule has 1 aromatic heterocycles. The summed E-state index contributed by atoms with van der Waals surface area (Å²) in [6, 6.07) is 15.6. The van der Waals surface area contributed by atoms with Crippen LogP contribution in [0.15, 0.2) is 63.8 Å². The van der Waals surface area contributed by atoms with Crippen molar-refractivity contribution in [3.05, 3.63) is 70.6 Å². The van der Waals surface area contributed by atoms with Crippen molar-refractivity contribution in [2.45, 2.75) is 37.6 Å². The third-order valence-electron chi connectivity index (χ3n) is 4.90. The minimum atomic E-state index is -1.20. The fraction of sp³-hybridized carbons (Fsp3) is 0.318. The van der Waals surface area contributed by atoms with Crippen LogP contribution in [-0.4, -0.2) is 46.5 Å². The van der Waals surface area contributed by atoms with E-state index in [2.05, 4.69) is 0 Å². The van der Waals surface area contributed by atoms with E-state index in [1.807, 2.05) is 30.3 Å². The Morgan fingerprint density at radius 2 is 1.83 bits per heavy atom. The molecule has 3 aromatic rings. The Balaban J connectivity index is 1.62. The van der Waals surface area contributed by atoms with Crippen LogP contribution in [0.2, 0.25) is 0 Å². The van der Waals surface area contributed by atoms with Crippen molar-refractivity contribution in [1.82, 2.24) is 0 Å². The van der Waals surface area contributed by atoms with Gasteiger partial charge >= 0.3 is 5.63 Å². The summed E-state index contributed by atoms with van der Waals surface area (Å²) in [5, 5.41) is 29.9. The third-order valence-corrected chi connectivity index (χ3v) is 4.90. The Morgan fingerprint density at radius 1 is 1.03 bits per heavy atom. The predicted octanol–water partition coefficient (Wildman–Crippen LogP) is 1.58. The lowest BCUT2D eigenvalue weighted by Gasteiger charge is -2.36. The Hall–Kier alpha value is -2.91. The lowest BCUT2D eigenvalue weighted by atomic mass is 10.0. The van der Waals surface area contributed by atoms with Crippen LogP contribution in [0.4, 0.5) is 0 Å². The van der Waals surface area contributed by atoms with Crippen LogP contribution in [-0.2, 0) is 11.3 Å². The van der Waals surface area contributed by atoms with Gasteiger partial charge in [0, 0.05) is 23.9 Å². The maximum Gasteiger partial charge on any atom is 0.336 e. The van der Waals surface area contributed by atoms with E-state index in [9.17, 15) is 20.1 Å². The van der Waals surface area contributed by atoms with E-state index in [1.54, 1.807) is 18.2 Å². The average molecular weight is 414 g/mol. The lowest BCUT2D eigenvalue weighted by molar-refractivity contribution is -0.230. The molecule has 4 rings (SSSR count). The standard InChI is InChI=1S/C22H22O8/c23-11-19-22(26)15(24)9-21(30-19)29-18-8-14-6-7-20(25)28-16(14)10-17(18)27-12-13-4-2-1-3-5-13/h1-8,10,15,19,21-24,26H,9,11-12H2/t15-,19-,21-,22+/m1/s1. The molecule has 30 heavy (non-hydrogen) atoms. The van der Waals surface area contributed by atoms with Gasteiger partial charge < -0.3 is 33.9 Å². The molecule has 8 heteroatoms. The molecular weight excluding hydrogens is 392 g/mol. The minimum Gasteiger partial charge on any atom is -0.485 e. The Bertz CT molecular complexity index is 1050. The topological polar surface area (TPSA) is 119 Å². The van der Waals surface area contributed by atoms with Gasteiger partial charge in [-0.2, -0.15) is 0 Å². The summed E-state index contributed by atoms with van der Waals surface area (Å²) in [5.74, 6) is 0.642.